The molecule has 1 aliphatic heterocycles. The van der Waals surface area contributed by atoms with Crippen molar-refractivity contribution in [3.63, 3.8) is 0 Å². The molecule has 0 N–H and O–H groups in total. The first-order valence-electron chi connectivity index (χ1n) is 4.28. The molecule has 0 radical (unpaired) electrons. The van der Waals surface area contributed by atoms with Crippen molar-refractivity contribution >= 4 is 34.4 Å². The topological polar surface area (TPSA) is 6.48 Å². The number of nitrogens with zero attached hydrogens (tertiary/aromatic N) is 2. The van der Waals surface area contributed by atoms with Crippen LogP contribution in [0.1, 0.15) is 13.8 Å². The Balaban J connectivity index is 2.65. The number of piperazine rings is 1. The summed E-state index contributed by atoms with van der Waals surface area (Å²) in [6.45, 7) is 8.19. The van der Waals surface area contributed by atoms with E-state index >= 15 is 0 Å². The van der Waals surface area contributed by atoms with Gasteiger partial charge in [-0.1, -0.05) is 24.4 Å². The molecule has 0 aromatic carbocycles. The van der Waals surface area contributed by atoms with E-state index in [9.17, 15) is 0 Å². The molecule has 0 bridgehead atoms. The molecule has 0 aromatic rings. The van der Waals surface area contributed by atoms with Crippen LogP contribution in [0.15, 0.2) is 0 Å². The van der Waals surface area contributed by atoms with Gasteiger partial charge in [-0.05, 0) is 13.8 Å². The maximum Gasteiger partial charge on any atom is 0.136 e. The largest absolute Gasteiger partial charge is 0.359 e. The van der Waals surface area contributed by atoms with Crippen LogP contribution in [0, 0.1) is 0 Å². The van der Waals surface area contributed by atoms with Crippen molar-refractivity contribution in [1.82, 2.24) is 9.80 Å². The first-order valence-corrected chi connectivity index (χ1v) is 5.10. The molecule has 0 aliphatic carbocycles. The first-order chi connectivity index (χ1) is 5.70. The zero-order valence-electron chi connectivity index (χ0n) is 7.54. The molecule has 0 spiro atoms. The normalized spacial score (nSPS) is 18.8. The Kier molecular flexibility index (Phi) is 3.40. The van der Waals surface area contributed by atoms with Gasteiger partial charge in [-0.3, -0.25) is 0 Å². The predicted molar refractivity (Wildman–Crippen MR) is 59.7 cm³/mol. The lowest BCUT2D eigenvalue weighted by Crippen LogP contribution is -2.52. The van der Waals surface area contributed by atoms with Crippen LogP contribution in [-0.4, -0.2) is 46.0 Å². The average molecular weight is 202 g/mol. The zero-order valence-corrected chi connectivity index (χ0v) is 9.17. The quantitative estimate of drug-likeness (QED) is 0.622. The summed E-state index contributed by atoms with van der Waals surface area (Å²) < 4.78 is 0. The predicted octanol–water partition coefficient (Wildman–Crippen LogP) is 1.30. The van der Waals surface area contributed by atoms with Gasteiger partial charge in [0.1, 0.15) is 9.98 Å². The van der Waals surface area contributed by atoms with Gasteiger partial charge in [-0.15, -0.1) is 0 Å². The second-order valence-electron chi connectivity index (χ2n) is 2.77. The lowest BCUT2D eigenvalue weighted by Gasteiger charge is -2.36. The highest BCUT2D eigenvalue weighted by Crippen LogP contribution is 2.07. The highest BCUT2D eigenvalue weighted by Gasteiger charge is 2.22. The van der Waals surface area contributed by atoms with Gasteiger partial charge >= 0.3 is 0 Å². The molecule has 0 amide bonds. The van der Waals surface area contributed by atoms with Gasteiger partial charge in [0.05, 0.1) is 0 Å². The number of hydrogen-bond donors (Lipinski definition) is 0. The second kappa shape index (κ2) is 4.14. The maximum absolute atomic E-state index is 5.24. The van der Waals surface area contributed by atoms with Crippen molar-refractivity contribution in [3.8, 4) is 0 Å². The van der Waals surface area contributed by atoms with E-state index in [-0.39, 0.29) is 0 Å². The van der Waals surface area contributed by atoms with Crippen LogP contribution in [0.5, 0.6) is 0 Å². The highest BCUT2D eigenvalue weighted by atomic mass is 32.1. The Bertz CT molecular complexity index is 181. The SMILES string of the molecule is CCN1CCN(CC)C(=S)C1=S. The van der Waals surface area contributed by atoms with Gasteiger partial charge in [0, 0.05) is 26.2 Å². The summed E-state index contributed by atoms with van der Waals surface area (Å²) in [5.74, 6) is 0. The van der Waals surface area contributed by atoms with Crippen LogP contribution in [0.25, 0.3) is 0 Å². The van der Waals surface area contributed by atoms with Crippen LogP contribution < -0.4 is 0 Å². The van der Waals surface area contributed by atoms with Crippen molar-refractivity contribution < 1.29 is 0 Å². The molecule has 0 unspecified atom stereocenters. The Morgan fingerprint density at radius 2 is 1.33 bits per heavy atom. The van der Waals surface area contributed by atoms with E-state index in [2.05, 4.69) is 23.6 Å². The van der Waals surface area contributed by atoms with Crippen molar-refractivity contribution in [2.24, 2.45) is 0 Å². The Labute approximate surface area is 84.5 Å². The number of thiocarbonyl (C=S) groups is 2. The van der Waals surface area contributed by atoms with Gasteiger partial charge in [0.25, 0.3) is 0 Å². The second-order valence-corrected chi connectivity index (χ2v) is 3.54. The standard InChI is InChI=1S/C8H14N2S2/c1-3-9-5-6-10(4-2)8(12)7(9)11/h3-6H2,1-2H3. The Morgan fingerprint density at radius 1 is 1.00 bits per heavy atom. The summed E-state index contributed by atoms with van der Waals surface area (Å²) in [5, 5.41) is 0. The zero-order chi connectivity index (χ0) is 9.14. The molecule has 0 atom stereocenters. The Hall–Kier alpha value is -0.220. The van der Waals surface area contributed by atoms with E-state index in [1.807, 2.05) is 0 Å². The average Bonchev–Trinajstić information content (AvgIpc) is 2.10. The van der Waals surface area contributed by atoms with Crippen LogP contribution in [0.2, 0.25) is 0 Å². The summed E-state index contributed by atoms with van der Waals surface area (Å²) >= 11 is 10.5. The molecular weight excluding hydrogens is 188 g/mol. The van der Waals surface area contributed by atoms with Crippen LogP contribution in [0.3, 0.4) is 0 Å². The van der Waals surface area contributed by atoms with E-state index in [4.69, 9.17) is 24.4 Å². The van der Waals surface area contributed by atoms with E-state index in [1.54, 1.807) is 0 Å². The van der Waals surface area contributed by atoms with Crippen LogP contribution >= 0.6 is 24.4 Å². The maximum atomic E-state index is 5.24. The lowest BCUT2D eigenvalue weighted by atomic mass is 10.3. The van der Waals surface area contributed by atoms with Crippen molar-refractivity contribution in [2.45, 2.75) is 13.8 Å². The number of rotatable bonds is 2. The Morgan fingerprint density at radius 3 is 1.58 bits per heavy atom. The number of hydrogen-bond acceptors (Lipinski definition) is 2. The van der Waals surface area contributed by atoms with E-state index in [0.29, 0.717) is 0 Å². The minimum absolute atomic E-state index is 0.848. The minimum Gasteiger partial charge on any atom is -0.359 e. The molecule has 1 saturated heterocycles. The fourth-order valence-electron chi connectivity index (χ4n) is 1.32. The van der Waals surface area contributed by atoms with Gasteiger partial charge in [-0.25, -0.2) is 0 Å². The van der Waals surface area contributed by atoms with Crippen molar-refractivity contribution in [2.75, 3.05) is 26.2 Å². The van der Waals surface area contributed by atoms with E-state index in [1.165, 1.54) is 0 Å². The smallest absolute Gasteiger partial charge is 0.136 e. The fraction of sp³-hybridized carbons (Fsp3) is 0.750. The van der Waals surface area contributed by atoms with Crippen molar-refractivity contribution in [1.29, 1.82) is 0 Å². The van der Waals surface area contributed by atoms with Gasteiger partial charge < -0.3 is 9.80 Å². The van der Waals surface area contributed by atoms with E-state index in [0.717, 1.165) is 36.2 Å². The summed E-state index contributed by atoms with van der Waals surface area (Å²) in [6.07, 6.45) is 0. The van der Waals surface area contributed by atoms with Gasteiger partial charge in [0.15, 0.2) is 0 Å². The number of likely N-dealkylation sites (N-methyl/N-ethyl adjacent to an activating group) is 2. The molecular formula is C8H14N2S2. The molecule has 2 nitrogen and oxygen atoms in total. The van der Waals surface area contributed by atoms with Gasteiger partial charge in [0.2, 0.25) is 0 Å². The first kappa shape index (κ1) is 9.86. The third-order valence-corrected chi connectivity index (χ3v) is 3.19. The summed E-state index contributed by atoms with van der Waals surface area (Å²) in [5.41, 5.74) is 0. The molecule has 68 valence electrons. The van der Waals surface area contributed by atoms with Gasteiger partial charge in [-0.2, -0.15) is 0 Å². The monoisotopic (exact) mass is 202 g/mol. The summed E-state index contributed by atoms with van der Waals surface area (Å²) in [7, 11) is 0. The lowest BCUT2D eigenvalue weighted by molar-refractivity contribution is 0.341. The molecule has 4 heteroatoms. The molecule has 1 heterocycles. The highest BCUT2D eigenvalue weighted by molar-refractivity contribution is 7.89. The molecule has 1 fully saturated rings. The minimum atomic E-state index is 0.848. The molecule has 1 rings (SSSR count). The molecule has 1 aliphatic rings. The van der Waals surface area contributed by atoms with Crippen LogP contribution in [0.4, 0.5) is 0 Å². The third-order valence-electron chi connectivity index (χ3n) is 2.16. The summed E-state index contributed by atoms with van der Waals surface area (Å²) in [4.78, 5) is 6.01. The van der Waals surface area contributed by atoms with Crippen LogP contribution in [-0.2, 0) is 0 Å². The van der Waals surface area contributed by atoms with E-state index < -0.39 is 0 Å². The van der Waals surface area contributed by atoms with Crippen molar-refractivity contribution in [3.05, 3.63) is 0 Å². The third kappa shape index (κ3) is 1.75. The molecule has 12 heavy (non-hydrogen) atoms. The fourth-order valence-corrected chi connectivity index (χ4v) is 2.02. The summed E-state index contributed by atoms with van der Waals surface area (Å²) in [6, 6.07) is 0. The molecule has 0 saturated carbocycles. The molecule has 0 aromatic heterocycles.